The van der Waals surface area contributed by atoms with Crippen molar-refractivity contribution in [1.82, 2.24) is 9.97 Å². The minimum Gasteiger partial charge on any atom is -0.254 e. The van der Waals surface area contributed by atoms with Gasteiger partial charge >= 0.3 is 0 Å². The summed E-state index contributed by atoms with van der Waals surface area (Å²) in [6.07, 6.45) is 3.79. The van der Waals surface area contributed by atoms with Gasteiger partial charge in [0.1, 0.15) is 0 Å². The molecule has 0 fully saturated rings. The summed E-state index contributed by atoms with van der Waals surface area (Å²) in [5, 5.41) is 2.11. The van der Waals surface area contributed by atoms with Crippen LogP contribution in [0.3, 0.4) is 0 Å². The molecule has 0 saturated heterocycles. The van der Waals surface area contributed by atoms with Crippen LogP contribution in [0.4, 0.5) is 11.4 Å². The van der Waals surface area contributed by atoms with Crippen LogP contribution in [0.2, 0.25) is 0 Å². The summed E-state index contributed by atoms with van der Waals surface area (Å²) in [6, 6.07) is 25.5. The molecule has 0 atom stereocenters. The number of hydrogen-bond donors (Lipinski definition) is 0. The van der Waals surface area contributed by atoms with Crippen molar-refractivity contribution in [3.05, 3.63) is 106 Å². The Hall–Kier alpha value is -4.18. The number of benzene rings is 3. The van der Waals surface area contributed by atoms with Crippen molar-refractivity contribution >= 4 is 45.6 Å². The molecule has 0 N–H and O–H groups in total. The van der Waals surface area contributed by atoms with Crippen molar-refractivity contribution in [2.45, 2.75) is 79.1 Å². The molecule has 42 heavy (non-hydrogen) atoms. The maximum Gasteiger partial charge on any atom is 0.0972 e. The quantitative estimate of drug-likeness (QED) is 0.141. The summed E-state index contributed by atoms with van der Waals surface area (Å²) in [6.45, 7) is 17.8. The van der Waals surface area contributed by atoms with E-state index in [1.807, 2.05) is 24.6 Å². The van der Waals surface area contributed by atoms with Crippen molar-refractivity contribution in [3.8, 4) is 0 Å². The van der Waals surface area contributed by atoms with E-state index in [-0.39, 0.29) is 0 Å². The monoisotopic (exact) mass is 554 g/mol. The fraction of sp³-hybridized carbons (Fsp3) is 0.316. The van der Waals surface area contributed by atoms with E-state index < -0.39 is 0 Å². The fourth-order valence-corrected chi connectivity index (χ4v) is 5.52. The van der Waals surface area contributed by atoms with Crippen LogP contribution >= 0.6 is 0 Å². The molecule has 0 radical (unpaired) electrons. The SMILES string of the molecule is CC(C)c1cccc(C(C)C)c1N=Cc1ccc2ccc3ccc(C=Nc4c(C(C)C)cccc4C(C)C)nc3c2n1. The van der Waals surface area contributed by atoms with Crippen LogP contribution in [-0.4, -0.2) is 22.4 Å². The fourth-order valence-electron chi connectivity index (χ4n) is 5.52. The normalized spacial score (nSPS) is 12.5. The van der Waals surface area contributed by atoms with Gasteiger partial charge in [0, 0.05) is 10.8 Å². The zero-order chi connectivity index (χ0) is 30.0. The highest BCUT2D eigenvalue weighted by Gasteiger charge is 2.14. The van der Waals surface area contributed by atoms with Crippen molar-refractivity contribution in [1.29, 1.82) is 0 Å². The van der Waals surface area contributed by atoms with Crippen LogP contribution in [0.1, 0.15) is 113 Å². The van der Waals surface area contributed by atoms with Crippen LogP contribution < -0.4 is 0 Å². The lowest BCUT2D eigenvalue weighted by atomic mass is 9.93. The van der Waals surface area contributed by atoms with Gasteiger partial charge < -0.3 is 0 Å². The third-order valence-electron chi connectivity index (χ3n) is 7.90. The number of aromatic nitrogens is 2. The van der Waals surface area contributed by atoms with Gasteiger partial charge in [-0.15, -0.1) is 0 Å². The van der Waals surface area contributed by atoms with Gasteiger partial charge in [-0.1, -0.05) is 116 Å². The van der Waals surface area contributed by atoms with E-state index in [0.717, 1.165) is 44.6 Å². The van der Waals surface area contributed by atoms with Gasteiger partial charge in [0.05, 0.1) is 46.2 Å². The van der Waals surface area contributed by atoms with E-state index in [1.165, 1.54) is 22.3 Å². The lowest BCUT2D eigenvalue weighted by molar-refractivity contribution is 0.834. The first-order chi connectivity index (χ1) is 20.1. The predicted octanol–water partition coefficient (Wildman–Crippen LogP) is 10.8. The minimum absolute atomic E-state index is 0.387. The lowest BCUT2D eigenvalue weighted by Crippen LogP contribution is -1.97. The maximum absolute atomic E-state index is 5.05. The zero-order valence-corrected chi connectivity index (χ0v) is 26.2. The van der Waals surface area contributed by atoms with Gasteiger partial charge in [-0.25, -0.2) is 9.97 Å². The topological polar surface area (TPSA) is 50.5 Å². The summed E-state index contributed by atoms with van der Waals surface area (Å²) in [5.41, 5.74) is 10.5. The molecule has 0 saturated carbocycles. The Morgan fingerprint density at radius 2 is 0.762 bits per heavy atom. The number of pyridine rings is 2. The Labute approximate surface area is 250 Å². The molecular formula is C38H42N4. The number of aliphatic imine (C=N–C) groups is 2. The summed E-state index contributed by atoms with van der Waals surface area (Å²) < 4.78 is 0. The Balaban J connectivity index is 1.57. The molecule has 0 spiro atoms. The molecule has 0 unspecified atom stereocenters. The molecule has 5 aromatic rings. The highest BCUT2D eigenvalue weighted by atomic mass is 14.8. The third-order valence-corrected chi connectivity index (χ3v) is 7.90. The van der Waals surface area contributed by atoms with Crippen LogP contribution in [0.5, 0.6) is 0 Å². The van der Waals surface area contributed by atoms with Crippen LogP contribution in [0.15, 0.2) is 82.8 Å². The molecule has 3 aromatic carbocycles. The number of hydrogen-bond acceptors (Lipinski definition) is 4. The van der Waals surface area contributed by atoms with Gasteiger partial charge in [-0.2, -0.15) is 0 Å². The molecule has 0 aliphatic heterocycles. The molecule has 5 rings (SSSR count). The second-order valence-corrected chi connectivity index (χ2v) is 12.4. The smallest absolute Gasteiger partial charge is 0.0972 e. The molecule has 2 heterocycles. The molecule has 0 bridgehead atoms. The Bertz CT molecular complexity index is 1610. The van der Waals surface area contributed by atoms with Gasteiger partial charge in [0.25, 0.3) is 0 Å². The molecule has 4 heteroatoms. The summed E-state index contributed by atoms with van der Waals surface area (Å²) in [7, 11) is 0. The summed E-state index contributed by atoms with van der Waals surface area (Å²) >= 11 is 0. The average molecular weight is 555 g/mol. The summed E-state index contributed by atoms with van der Waals surface area (Å²) in [5.74, 6) is 1.55. The van der Waals surface area contributed by atoms with E-state index in [1.54, 1.807) is 0 Å². The maximum atomic E-state index is 5.05. The highest BCUT2D eigenvalue weighted by molar-refractivity contribution is 6.04. The van der Waals surface area contributed by atoms with Gasteiger partial charge in [0.2, 0.25) is 0 Å². The zero-order valence-electron chi connectivity index (χ0n) is 26.2. The molecular weight excluding hydrogens is 512 g/mol. The van der Waals surface area contributed by atoms with Crippen molar-refractivity contribution in [3.63, 3.8) is 0 Å². The first-order valence-corrected chi connectivity index (χ1v) is 15.2. The Morgan fingerprint density at radius 1 is 0.452 bits per heavy atom. The van der Waals surface area contributed by atoms with E-state index in [9.17, 15) is 0 Å². The highest BCUT2D eigenvalue weighted by Crippen LogP contribution is 2.36. The first-order valence-electron chi connectivity index (χ1n) is 15.2. The summed E-state index contributed by atoms with van der Waals surface area (Å²) in [4.78, 5) is 20.1. The van der Waals surface area contributed by atoms with Crippen molar-refractivity contribution in [2.75, 3.05) is 0 Å². The largest absolute Gasteiger partial charge is 0.254 e. The second kappa shape index (κ2) is 12.4. The molecule has 4 nitrogen and oxygen atoms in total. The first kappa shape index (κ1) is 29.3. The number of fused-ring (bicyclic) bond motifs is 3. The number of para-hydroxylation sites is 2. The third kappa shape index (κ3) is 6.04. The van der Waals surface area contributed by atoms with Crippen LogP contribution in [0, 0.1) is 0 Å². The van der Waals surface area contributed by atoms with E-state index >= 15 is 0 Å². The van der Waals surface area contributed by atoms with Gasteiger partial charge in [-0.3, -0.25) is 9.98 Å². The van der Waals surface area contributed by atoms with Crippen molar-refractivity contribution in [2.24, 2.45) is 9.98 Å². The minimum atomic E-state index is 0.387. The molecule has 214 valence electrons. The van der Waals surface area contributed by atoms with Crippen molar-refractivity contribution < 1.29 is 0 Å². The Morgan fingerprint density at radius 3 is 1.07 bits per heavy atom. The standard InChI is InChI=1S/C38H42N4/c1-23(2)31-11-9-12-32(24(3)4)37(31)39-21-29-19-17-27-15-16-28-18-20-30(42-36(28)35(27)41-29)22-40-38-33(25(5)6)13-10-14-34(38)26(7)8/h9-26H,1-8H3. The number of nitrogens with zero attached hydrogens (tertiary/aromatic N) is 4. The molecule has 0 aliphatic carbocycles. The van der Waals surface area contributed by atoms with Gasteiger partial charge in [-0.05, 0) is 58.1 Å². The van der Waals surface area contributed by atoms with E-state index in [2.05, 4.69) is 116 Å². The second-order valence-electron chi connectivity index (χ2n) is 12.4. The Kier molecular flexibility index (Phi) is 8.63. The van der Waals surface area contributed by atoms with E-state index in [0.29, 0.717) is 23.7 Å². The molecule has 0 amide bonds. The molecule has 2 aromatic heterocycles. The molecule has 0 aliphatic rings. The van der Waals surface area contributed by atoms with E-state index in [4.69, 9.17) is 20.0 Å². The lowest BCUT2D eigenvalue weighted by Gasteiger charge is -2.16. The predicted molar refractivity (Wildman–Crippen MR) is 181 cm³/mol. The number of rotatable bonds is 8. The average Bonchev–Trinajstić information content (AvgIpc) is 2.98. The van der Waals surface area contributed by atoms with Gasteiger partial charge in [0.15, 0.2) is 0 Å². The van der Waals surface area contributed by atoms with Crippen LogP contribution in [-0.2, 0) is 0 Å². The van der Waals surface area contributed by atoms with Crippen LogP contribution in [0.25, 0.3) is 21.8 Å².